The van der Waals surface area contributed by atoms with Gasteiger partial charge >= 0.3 is 5.97 Å². The summed E-state index contributed by atoms with van der Waals surface area (Å²) in [6.07, 6.45) is 0.979. The van der Waals surface area contributed by atoms with E-state index >= 15 is 0 Å². The Morgan fingerprint density at radius 1 is 1.45 bits per heavy atom. The number of halogens is 1. The molecule has 1 aromatic heterocycles. The minimum atomic E-state index is -0.885. The zero-order valence-corrected chi connectivity index (χ0v) is 13.4. The van der Waals surface area contributed by atoms with Crippen LogP contribution in [0.25, 0.3) is 0 Å². The van der Waals surface area contributed by atoms with Gasteiger partial charge in [0.2, 0.25) is 0 Å². The van der Waals surface area contributed by atoms with E-state index in [1.807, 2.05) is 12.1 Å². The van der Waals surface area contributed by atoms with E-state index in [9.17, 15) is 9.90 Å². The molecule has 3 nitrogen and oxygen atoms in total. The molecule has 1 aromatic carbocycles. The van der Waals surface area contributed by atoms with Gasteiger partial charge in [0.1, 0.15) is 0 Å². The highest BCUT2D eigenvalue weighted by atomic mass is 79.9. The van der Waals surface area contributed by atoms with Crippen LogP contribution in [0.5, 0.6) is 0 Å². The largest absolute Gasteiger partial charge is 0.478 e. The summed E-state index contributed by atoms with van der Waals surface area (Å²) >= 11 is 5.13. The van der Waals surface area contributed by atoms with Gasteiger partial charge in [-0.3, -0.25) is 0 Å². The smallest absolute Gasteiger partial charge is 0.337 e. The van der Waals surface area contributed by atoms with Gasteiger partial charge in [-0.15, -0.1) is 11.3 Å². The van der Waals surface area contributed by atoms with Crippen LogP contribution in [0.4, 0.5) is 5.69 Å². The molecule has 0 bridgehead atoms. The molecule has 1 aliphatic heterocycles. The molecule has 0 radical (unpaired) electrons. The van der Waals surface area contributed by atoms with Crippen molar-refractivity contribution in [1.82, 2.24) is 0 Å². The van der Waals surface area contributed by atoms with Gasteiger partial charge in [-0.1, -0.05) is 15.9 Å². The van der Waals surface area contributed by atoms with E-state index < -0.39 is 5.97 Å². The van der Waals surface area contributed by atoms with Gasteiger partial charge in [-0.05, 0) is 48.6 Å². The lowest BCUT2D eigenvalue weighted by Crippen LogP contribution is -2.34. The predicted octanol–water partition coefficient (Wildman–Crippen LogP) is 4.33. The molecule has 0 amide bonds. The summed E-state index contributed by atoms with van der Waals surface area (Å²) in [5.41, 5.74) is 2.47. The van der Waals surface area contributed by atoms with Gasteiger partial charge in [0, 0.05) is 15.9 Å². The van der Waals surface area contributed by atoms with Crippen LogP contribution in [0.3, 0.4) is 0 Å². The Labute approximate surface area is 130 Å². The van der Waals surface area contributed by atoms with E-state index in [1.54, 1.807) is 17.4 Å². The van der Waals surface area contributed by atoms with Crippen LogP contribution < -0.4 is 4.90 Å². The summed E-state index contributed by atoms with van der Waals surface area (Å²) in [6.45, 7) is 3.00. The third kappa shape index (κ3) is 2.25. The van der Waals surface area contributed by atoms with Crippen molar-refractivity contribution in [3.63, 3.8) is 0 Å². The first-order chi connectivity index (χ1) is 9.58. The first kappa shape index (κ1) is 13.6. The fourth-order valence-electron chi connectivity index (χ4n) is 2.77. The van der Waals surface area contributed by atoms with Gasteiger partial charge in [-0.25, -0.2) is 4.79 Å². The van der Waals surface area contributed by atoms with Crippen LogP contribution in [-0.2, 0) is 6.42 Å². The number of carboxylic acid groups (broad SMARTS) is 1. The number of hydrogen-bond acceptors (Lipinski definition) is 3. The average molecular weight is 352 g/mol. The lowest BCUT2D eigenvalue weighted by Gasteiger charge is -2.36. The molecule has 1 unspecified atom stereocenters. The molecular weight excluding hydrogens is 338 g/mol. The summed E-state index contributed by atoms with van der Waals surface area (Å²) in [4.78, 5) is 15.1. The molecule has 0 saturated heterocycles. The van der Waals surface area contributed by atoms with Crippen molar-refractivity contribution in [2.45, 2.75) is 19.4 Å². The van der Waals surface area contributed by atoms with Gasteiger partial charge in [-0.2, -0.15) is 0 Å². The number of hydrogen-bond donors (Lipinski definition) is 1. The van der Waals surface area contributed by atoms with E-state index in [4.69, 9.17) is 0 Å². The molecule has 104 valence electrons. The Bertz CT molecular complexity index is 668. The first-order valence-electron chi connectivity index (χ1n) is 6.43. The first-order valence-corrected chi connectivity index (χ1v) is 8.11. The summed E-state index contributed by atoms with van der Waals surface area (Å²) in [6, 6.07) is 7.83. The zero-order valence-electron chi connectivity index (χ0n) is 11.0. The standard InChI is InChI=1S/C15H14BrNO2S/c1-9-11-5-7-20-14(11)4-6-17(9)13-3-2-10(16)8-12(13)15(18)19/h2-3,5,7-9H,4,6H2,1H3,(H,18,19). The maximum Gasteiger partial charge on any atom is 0.337 e. The lowest BCUT2D eigenvalue weighted by molar-refractivity contribution is 0.0697. The van der Waals surface area contributed by atoms with E-state index in [-0.39, 0.29) is 6.04 Å². The Morgan fingerprint density at radius 2 is 2.25 bits per heavy atom. The van der Waals surface area contributed by atoms with Gasteiger partial charge in [0.15, 0.2) is 0 Å². The fourth-order valence-corrected chi connectivity index (χ4v) is 4.09. The number of benzene rings is 1. The topological polar surface area (TPSA) is 40.5 Å². The minimum absolute atomic E-state index is 0.212. The lowest BCUT2D eigenvalue weighted by atomic mass is 9.99. The Balaban J connectivity index is 2.04. The van der Waals surface area contributed by atoms with E-state index in [0.717, 1.165) is 23.1 Å². The molecule has 3 rings (SSSR count). The van der Waals surface area contributed by atoms with Crippen molar-refractivity contribution in [3.05, 3.63) is 50.1 Å². The van der Waals surface area contributed by atoms with Crippen molar-refractivity contribution >= 4 is 38.9 Å². The second-order valence-electron chi connectivity index (χ2n) is 4.89. The molecule has 2 heterocycles. The molecule has 1 N–H and O–H groups in total. The zero-order chi connectivity index (χ0) is 14.3. The minimum Gasteiger partial charge on any atom is -0.478 e. The molecule has 1 atom stereocenters. The van der Waals surface area contributed by atoms with Gasteiger partial charge < -0.3 is 10.0 Å². The summed E-state index contributed by atoms with van der Waals surface area (Å²) in [7, 11) is 0. The third-order valence-electron chi connectivity index (χ3n) is 3.78. The second-order valence-corrected chi connectivity index (χ2v) is 6.80. The molecule has 1 aliphatic rings. The average Bonchev–Trinajstić information content (AvgIpc) is 2.89. The van der Waals surface area contributed by atoms with Crippen LogP contribution in [-0.4, -0.2) is 17.6 Å². The van der Waals surface area contributed by atoms with Crippen LogP contribution in [0, 0.1) is 0 Å². The maximum absolute atomic E-state index is 11.5. The monoisotopic (exact) mass is 351 g/mol. The number of anilines is 1. The van der Waals surface area contributed by atoms with Crippen molar-refractivity contribution in [1.29, 1.82) is 0 Å². The van der Waals surface area contributed by atoms with Gasteiger partial charge in [0.05, 0.1) is 17.3 Å². The van der Waals surface area contributed by atoms with Crippen molar-refractivity contribution in [2.24, 2.45) is 0 Å². The number of fused-ring (bicyclic) bond motifs is 1. The Kier molecular flexibility index (Phi) is 3.56. The van der Waals surface area contributed by atoms with Crippen molar-refractivity contribution in [2.75, 3.05) is 11.4 Å². The van der Waals surface area contributed by atoms with Crippen LogP contribution >= 0.6 is 27.3 Å². The molecule has 0 aliphatic carbocycles. The molecule has 2 aromatic rings. The second kappa shape index (κ2) is 5.22. The number of carbonyl (C=O) groups is 1. The Hall–Kier alpha value is -1.33. The molecule has 0 fully saturated rings. The van der Waals surface area contributed by atoms with Gasteiger partial charge in [0.25, 0.3) is 0 Å². The molecular formula is C15H14BrNO2S. The summed E-state index contributed by atoms with van der Waals surface area (Å²) in [5, 5.41) is 11.5. The fraction of sp³-hybridized carbons (Fsp3) is 0.267. The molecule has 0 saturated carbocycles. The number of carboxylic acids is 1. The van der Waals surface area contributed by atoms with Crippen LogP contribution in [0.15, 0.2) is 34.1 Å². The quantitative estimate of drug-likeness (QED) is 0.875. The summed E-state index contributed by atoms with van der Waals surface area (Å²) in [5.74, 6) is -0.885. The van der Waals surface area contributed by atoms with Crippen molar-refractivity contribution < 1.29 is 9.90 Å². The number of thiophene rings is 1. The SMILES string of the molecule is CC1c2ccsc2CCN1c1ccc(Br)cc1C(=O)O. The van der Waals surface area contributed by atoms with Crippen molar-refractivity contribution in [3.8, 4) is 0 Å². The third-order valence-corrected chi connectivity index (χ3v) is 5.27. The van der Waals surface area contributed by atoms with Crippen LogP contribution in [0.2, 0.25) is 0 Å². The maximum atomic E-state index is 11.5. The van der Waals surface area contributed by atoms with E-state index in [2.05, 4.69) is 39.2 Å². The number of aromatic carboxylic acids is 1. The highest BCUT2D eigenvalue weighted by Crippen LogP contribution is 2.37. The highest BCUT2D eigenvalue weighted by Gasteiger charge is 2.27. The molecule has 5 heteroatoms. The molecule has 0 spiro atoms. The highest BCUT2D eigenvalue weighted by molar-refractivity contribution is 9.10. The van der Waals surface area contributed by atoms with E-state index in [1.165, 1.54) is 10.4 Å². The predicted molar refractivity (Wildman–Crippen MR) is 84.9 cm³/mol. The van der Waals surface area contributed by atoms with E-state index in [0.29, 0.717) is 5.56 Å². The van der Waals surface area contributed by atoms with Crippen LogP contribution in [0.1, 0.15) is 33.8 Å². The summed E-state index contributed by atoms with van der Waals surface area (Å²) < 4.78 is 0.791. The Morgan fingerprint density at radius 3 is 3.00 bits per heavy atom. The number of rotatable bonds is 2. The normalized spacial score (nSPS) is 17.9. The number of nitrogens with zero attached hydrogens (tertiary/aromatic N) is 1. The molecule has 20 heavy (non-hydrogen) atoms.